The summed E-state index contributed by atoms with van der Waals surface area (Å²) in [6.07, 6.45) is 4.30. The van der Waals surface area contributed by atoms with Gasteiger partial charge in [0.2, 0.25) is 0 Å². The summed E-state index contributed by atoms with van der Waals surface area (Å²) in [6.45, 7) is 2.25. The van der Waals surface area contributed by atoms with Crippen LogP contribution in [0.4, 0.5) is 0 Å². The Labute approximate surface area is 148 Å². The van der Waals surface area contributed by atoms with Gasteiger partial charge in [0.15, 0.2) is 0 Å². The maximum absolute atomic E-state index is 12.6. The van der Waals surface area contributed by atoms with E-state index in [1.807, 2.05) is 0 Å². The highest BCUT2D eigenvalue weighted by Gasteiger charge is 2.22. The molecule has 2 heterocycles. The molecule has 1 fully saturated rings. The molecule has 1 amide bonds. The normalized spacial score (nSPS) is 20.8. The zero-order chi connectivity index (χ0) is 17.6. The SMILES string of the molecule is CC1CCC(NC(=O)c2cc3c(s2)c(=O)[nH]c2ccc(O)cc23)CC1. The van der Waals surface area contributed by atoms with E-state index < -0.39 is 0 Å². The second kappa shape index (κ2) is 6.19. The molecule has 0 bridgehead atoms. The number of carbonyl (C=O) groups excluding carboxylic acids is 1. The van der Waals surface area contributed by atoms with Gasteiger partial charge in [0.1, 0.15) is 10.4 Å². The molecule has 4 rings (SSSR count). The number of hydrogen-bond donors (Lipinski definition) is 3. The largest absolute Gasteiger partial charge is 0.508 e. The molecular weight excluding hydrogens is 336 g/mol. The lowest BCUT2D eigenvalue weighted by Gasteiger charge is -2.26. The van der Waals surface area contributed by atoms with Crippen molar-refractivity contribution in [2.24, 2.45) is 5.92 Å². The van der Waals surface area contributed by atoms with Crippen LogP contribution in [0.1, 0.15) is 42.3 Å². The van der Waals surface area contributed by atoms with E-state index in [0.29, 0.717) is 20.5 Å². The molecule has 1 saturated carbocycles. The summed E-state index contributed by atoms with van der Waals surface area (Å²) in [5.74, 6) is 0.748. The molecular formula is C19H20N2O3S. The number of thiophene rings is 1. The van der Waals surface area contributed by atoms with E-state index in [1.54, 1.807) is 18.2 Å². The molecule has 0 unspecified atom stereocenters. The molecule has 3 N–H and O–H groups in total. The fourth-order valence-corrected chi connectivity index (χ4v) is 4.55. The number of rotatable bonds is 2. The number of carbonyl (C=O) groups is 1. The van der Waals surface area contributed by atoms with Gasteiger partial charge in [-0.25, -0.2) is 0 Å². The first kappa shape index (κ1) is 16.1. The predicted molar refractivity (Wildman–Crippen MR) is 101 cm³/mol. The summed E-state index contributed by atoms with van der Waals surface area (Å²) in [7, 11) is 0. The Balaban J connectivity index is 1.70. The molecule has 0 radical (unpaired) electrons. The minimum atomic E-state index is -0.205. The molecule has 0 saturated heterocycles. The Morgan fingerprint density at radius 2 is 1.96 bits per heavy atom. The molecule has 0 aliphatic heterocycles. The maximum atomic E-state index is 12.6. The number of aromatic hydroxyl groups is 1. The second-order valence-corrected chi connectivity index (χ2v) is 8.02. The number of nitrogens with one attached hydrogen (secondary N) is 2. The van der Waals surface area contributed by atoms with Crippen molar-refractivity contribution < 1.29 is 9.90 Å². The number of amides is 1. The summed E-state index contributed by atoms with van der Waals surface area (Å²) >= 11 is 1.20. The number of benzene rings is 1. The van der Waals surface area contributed by atoms with E-state index in [9.17, 15) is 14.7 Å². The van der Waals surface area contributed by atoms with Crippen molar-refractivity contribution >= 4 is 38.2 Å². The van der Waals surface area contributed by atoms with Gasteiger partial charge in [-0.3, -0.25) is 9.59 Å². The highest BCUT2D eigenvalue weighted by molar-refractivity contribution is 7.20. The molecule has 25 heavy (non-hydrogen) atoms. The number of pyridine rings is 1. The first-order valence-corrected chi connectivity index (χ1v) is 9.42. The number of fused-ring (bicyclic) bond motifs is 3. The average Bonchev–Trinajstić information content (AvgIpc) is 3.04. The quantitative estimate of drug-likeness (QED) is 0.654. The van der Waals surface area contributed by atoms with Crippen LogP contribution >= 0.6 is 11.3 Å². The molecule has 0 spiro atoms. The van der Waals surface area contributed by atoms with E-state index in [4.69, 9.17) is 0 Å². The topological polar surface area (TPSA) is 82.2 Å². The molecule has 1 aliphatic rings. The van der Waals surface area contributed by atoms with Gasteiger partial charge < -0.3 is 15.4 Å². The van der Waals surface area contributed by atoms with Crippen LogP contribution in [-0.2, 0) is 0 Å². The van der Waals surface area contributed by atoms with Gasteiger partial charge in [0, 0.05) is 22.3 Å². The number of aromatic nitrogens is 1. The van der Waals surface area contributed by atoms with Gasteiger partial charge in [-0.1, -0.05) is 6.92 Å². The molecule has 0 atom stereocenters. The molecule has 1 aliphatic carbocycles. The Morgan fingerprint density at radius 1 is 1.20 bits per heavy atom. The summed E-state index contributed by atoms with van der Waals surface area (Å²) < 4.78 is 0.514. The van der Waals surface area contributed by atoms with Crippen LogP contribution < -0.4 is 10.9 Å². The third kappa shape index (κ3) is 3.02. The fraction of sp³-hybridized carbons (Fsp3) is 0.368. The summed E-state index contributed by atoms with van der Waals surface area (Å²) in [6, 6.07) is 6.80. The minimum absolute atomic E-state index is 0.117. The van der Waals surface area contributed by atoms with Crippen LogP contribution in [0.2, 0.25) is 0 Å². The van der Waals surface area contributed by atoms with Crippen molar-refractivity contribution in [1.29, 1.82) is 0 Å². The first-order valence-electron chi connectivity index (χ1n) is 8.60. The lowest BCUT2D eigenvalue weighted by atomic mass is 9.87. The monoisotopic (exact) mass is 356 g/mol. The molecule has 5 nitrogen and oxygen atoms in total. The molecule has 130 valence electrons. The highest BCUT2D eigenvalue weighted by atomic mass is 32.1. The van der Waals surface area contributed by atoms with Crippen molar-refractivity contribution in [1.82, 2.24) is 10.3 Å². The Kier molecular flexibility index (Phi) is 4.00. The van der Waals surface area contributed by atoms with E-state index >= 15 is 0 Å². The van der Waals surface area contributed by atoms with Gasteiger partial charge in [-0.15, -0.1) is 11.3 Å². The van der Waals surface area contributed by atoms with Crippen molar-refractivity contribution in [3.8, 4) is 5.75 Å². The van der Waals surface area contributed by atoms with Gasteiger partial charge in [-0.2, -0.15) is 0 Å². The van der Waals surface area contributed by atoms with Crippen molar-refractivity contribution in [3.05, 3.63) is 39.5 Å². The molecule has 3 aromatic rings. The van der Waals surface area contributed by atoms with Crippen LogP contribution in [0, 0.1) is 5.92 Å². The lowest BCUT2D eigenvalue weighted by molar-refractivity contribution is 0.0927. The van der Waals surface area contributed by atoms with Gasteiger partial charge in [0.05, 0.1) is 4.88 Å². The minimum Gasteiger partial charge on any atom is -0.508 e. The second-order valence-electron chi connectivity index (χ2n) is 6.97. The van der Waals surface area contributed by atoms with Crippen LogP contribution in [0.5, 0.6) is 5.75 Å². The van der Waals surface area contributed by atoms with E-state index in [1.165, 1.54) is 17.4 Å². The van der Waals surface area contributed by atoms with E-state index in [0.717, 1.165) is 37.0 Å². The van der Waals surface area contributed by atoms with Crippen molar-refractivity contribution in [2.45, 2.75) is 38.6 Å². The predicted octanol–water partition coefficient (Wildman–Crippen LogP) is 3.76. The number of aromatic amines is 1. The summed E-state index contributed by atoms with van der Waals surface area (Å²) in [4.78, 5) is 28.3. The summed E-state index contributed by atoms with van der Waals surface area (Å²) in [5.41, 5.74) is 0.449. The number of H-pyrrole nitrogens is 1. The van der Waals surface area contributed by atoms with E-state index in [2.05, 4.69) is 17.2 Å². The average molecular weight is 356 g/mol. The highest BCUT2D eigenvalue weighted by Crippen LogP contribution is 2.31. The van der Waals surface area contributed by atoms with Crippen LogP contribution in [0.25, 0.3) is 21.0 Å². The molecule has 1 aromatic carbocycles. The Morgan fingerprint density at radius 3 is 2.72 bits per heavy atom. The maximum Gasteiger partial charge on any atom is 0.266 e. The lowest BCUT2D eigenvalue weighted by Crippen LogP contribution is -2.36. The first-order chi connectivity index (χ1) is 12.0. The standard InChI is InChI=1S/C19H20N2O3S/c1-10-2-4-11(5-3-10)20-18(23)16-9-14-13-8-12(22)6-7-15(13)21-19(24)17(14)25-16/h6-11,22H,2-5H2,1H3,(H,20,23)(H,21,24). The number of phenolic OH excluding ortho intramolecular Hbond substituents is 1. The smallest absolute Gasteiger partial charge is 0.266 e. The Hall–Kier alpha value is -2.34. The molecule has 2 aromatic heterocycles. The van der Waals surface area contributed by atoms with Crippen LogP contribution in [0.3, 0.4) is 0 Å². The third-order valence-corrected chi connectivity index (χ3v) is 6.19. The van der Waals surface area contributed by atoms with Gasteiger partial charge in [0.25, 0.3) is 11.5 Å². The van der Waals surface area contributed by atoms with Crippen molar-refractivity contribution in [2.75, 3.05) is 0 Å². The molecule has 6 heteroatoms. The van der Waals surface area contributed by atoms with Crippen molar-refractivity contribution in [3.63, 3.8) is 0 Å². The number of hydrogen-bond acceptors (Lipinski definition) is 4. The Bertz CT molecular complexity index is 1010. The van der Waals surface area contributed by atoms with E-state index in [-0.39, 0.29) is 23.3 Å². The fourth-order valence-electron chi connectivity index (χ4n) is 3.58. The summed E-state index contributed by atoms with van der Waals surface area (Å²) in [5, 5.41) is 14.3. The van der Waals surface area contributed by atoms with Gasteiger partial charge in [-0.05, 0) is 55.9 Å². The number of phenols is 1. The van der Waals surface area contributed by atoms with Crippen LogP contribution in [0.15, 0.2) is 29.1 Å². The van der Waals surface area contributed by atoms with Crippen LogP contribution in [-0.4, -0.2) is 22.0 Å². The van der Waals surface area contributed by atoms with Gasteiger partial charge >= 0.3 is 0 Å². The third-order valence-electron chi connectivity index (χ3n) is 5.05. The zero-order valence-corrected chi connectivity index (χ0v) is 14.8. The zero-order valence-electron chi connectivity index (χ0n) is 14.0.